The fraction of sp³-hybridized carbons (Fsp3) is 0.750. The van der Waals surface area contributed by atoms with Gasteiger partial charge in [0, 0.05) is 31.2 Å². The lowest BCUT2D eigenvalue weighted by Crippen LogP contribution is -2.27. The van der Waals surface area contributed by atoms with E-state index in [1.54, 1.807) is 13.3 Å². The lowest BCUT2D eigenvalue weighted by molar-refractivity contribution is 0.199. The van der Waals surface area contributed by atoms with Crippen molar-refractivity contribution in [2.24, 2.45) is 0 Å². The van der Waals surface area contributed by atoms with Gasteiger partial charge in [0.15, 0.2) is 5.03 Å². The molecule has 1 unspecified atom stereocenters. The average molecular weight is 368 g/mol. The molecule has 1 rings (SSSR count). The zero-order chi connectivity index (χ0) is 15.2. The third kappa shape index (κ3) is 5.16. The van der Waals surface area contributed by atoms with Crippen LogP contribution in [0.1, 0.15) is 25.6 Å². The standard InChI is InChI=1S/C12H22BrN3O3S/c1-4-7-16-8-12(15-10(16)2)20(17,18)14-6-5-11(13)9-19-3/h8,11,14H,4-7,9H2,1-3H3. The molecule has 116 valence electrons. The molecule has 0 saturated heterocycles. The molecule has 1 heterocycles. The molecule has 0 amide bonds. The Kier molecular flexibility index (Phi) is 7.14. The minimum absolute atomic E-state index is 0.0845. The molecule has 0 spiro atoms. The summed E-state index contributed by atoms with van der Waals surface area (Å²) in [6.45, 7) is 5.51. The van der Waals surface area contributed by atoms with Crippen molar-refractivity contribution < 1.29 is 13.2 Å². The van der Waals surface area contributed by atoms with Crippen LogP contribution >= 0.6 is 15.9 Å². The number of hydrogen-bond donors (Lipinski definition) is 1. The lowest BCUT2D eigenvalue weighted by Gasteiger charge is -2.08. The van der Waals surface area contributed by atoms with E-state index in [1.807, 2.05) is 18.4 Å². The first-order chi connectivity index (χ1) is 9.40. The Hall–Kier alpha value is -0.440. The molecule has 0 bridgehead atoms. The summed E-state index contributed by atoms with van der Waals surface area (Å²) in [5, 5.41) is 0.0845. The van der Waals surface area contributed by atoms with Crippen LogP contribution in [-0.4, -0.2) is 43.1 Å². The number of nitrogens with zero attached hydrogens (tertiary/aromatic N) is 2. The van der Waals surface area contributed by atoms with Gasteiger partial charge in [-0.25, -0.2) is 18.1 Å². The first kappa shape index (κ1) is 17.6. The van der Waals surface area contributed by atoms with Gasteiger partial charge in [-0.1, -0.05) is 22.9 Å². The third-order valence-corrected chi connectivity index (χ3v) is 4.84. The van der Waals surface area contributed by atoms with Crippen molar-refractivity contribution in [3.05, 3.63) is 12.0 Å². The summed E-state index contributed by atoms with van der Waals surface area (Å²) in [7, 11) is -1.92. The van der Waals surface area contributed by atoms with Crippen LogP contribution in [0.3, 0.4) is 0 Å². The highest BCUT2D eigenvalue weighted by Gasteiger charge is 2.19. The van der Waals surface area contributed by atoms with Gasteiger partial charge in [-0.05, 0) is 19.8 Å². The zero-order valence-electron chi connectivity index (χ0n) is 12.1. The van der Waals surface area contributed by atoms with Gasteiger partial charge in [0.1, 0.15) is 5.82 Å². The number of alkyl halides is 1. The molecule has 1 atom stereocenters. The number of sulfonamides is 1. The van der Waals surface area contributed by atoms with Gasteiger partial charge in [0.25, 0.3) is 10.0 Å². The van der Waals surface area contributed by atoms with Crippen molar-refractivity contribution in [1.82, 2.24) is 14.3 Å². The SMILES string of the molecule is CCCn1cc(S(=O)(=O)NCCC(Br)COC)nc1C. The van der Waals surface area contributed by atoms with Gasteiger partial charge in [0.05, 0.1) is 6.61 Å². The lowest BCUT2D eigenvalue weighted by atomic mass is 10.3. The Labute approximate surface area is 129 Å². The van der Waals surface area contributed by atoms with Crippen molar-refractivity contribution in [3.8, 4) is 0 Å². The summed E-state index contributed by atoms with van der Waals surface area (Å²) in [5.74, 6) is 0.713. The second-order valence-electron chi connectivity index (χ2n) is 4.56. The highest BCUT2D eigenvalue weighted by molar-refractivity contribution is 9.09. The summed E-state index contributed by atoms with van der Waals surface area (Å²) in [4.78, 5) is 4.24. The normalized spacial score (nSPS) is 13.6. The number of methoxy groups -OCH3 is 1. The third-order valence-electron chi connectivity index (χ3n) is 2.79. The van der Waals surface area contributed by atoms with E-state index in [2.05, 4.69) is 25.6 Å². The van der Waals surface area contributed by atoms with E-state index < -0.39 is 10.0 Å². The van der Waals surface area contributed by atoms with E-state index in [0.29, 0.717) is 25.4 Å². The van der Waals surface area contributed by atoms with E-state index in [-0.39, 0.29) is 9.85 Å². The van der Waals surface area contributed by atoms with E-state index >= 15 is 0 Å². The number of hydrogen-bond acceptors (Lipinski definition) is 4. The van der Waals surface area contributed by atoms with E-state index in [0.717, 1.165) is 13.0 Å². The average Bonchev–Trinajstić information content (AvgIpc) is 2.72. The molecule has 8 heteroatoms. The van der Waals surface area contributed by atoms with Crippen LogP contribution < -0.4 is 4.72 Å². The molecule has 20 heavy (non-hydrogen) atoms. The highest BCUT2D eigenvalue weighted by atomic mass is 79.9. The van der Waals surface area contributed by atoms with E-state index in [4.69, 9.17) is 4.74 Å². The molecule has 0 aliphatic carbocycles. The van der Waals surface area contributed by atoms with Gasteiger partial charge in [-0.15, -0.1) is 0 Å². The maximum atomic E-state index is 12.1. The number of rotatable bonds is 9. The predicted octanol–water partition coefficient (Wildman–Crippen LogP) is 1.68. The Morgan fingerprint density at radius 3 is 2.85 bits per heavy atom. The molecule has 1 aromatic rings. The molecule has 6 nitrogen and oxygen atoms in total. The summed E-state index contributed by atoms with van der Waals surface area (Å²) < 4.78 is 33.6. The molecule has 0 aromatic carbocycles. The van der Waals surface area contributed by atoms with Crippen LogP contribution in [0.4, 0.5) is 0 Å². The largest absolute Gasteiger partial charge is 0.384 e. The molecular formula is C12H22BrN3O3S. The van der Waals surface area contributed by atoms with Gasteiger partial charge < -0.3 is 9.30 Å². The maximum absolute atomic E-state index is 12.1. The Bertz CT molecular complexity index is 516. The first-order valence-electron chi connectivity index (χ1n) is 6.57. The summed E-state index contributed by atoms with van der Waals surface area (Å²) in [6.07, 6.45) is 3.18. The fourth-order valence-corrected chi connectivity index (χ4v) is 3.31. The van der Waals surface area contributed by atoms with Crippen molar-refractivity contribution >= 4 is 26.0 Å². The van der Waals surface area contributed by atoms with E-state index in [1.165, 1.54) is 0 Å². The van der Waals surface area contributed by atoms with Crippen LogP contribution in [0, 0.1) is 6.92 Å². The van der Waals surface area contributed by atoms with Gasteiger partial charge in [0.2, 0.25) is 0 Å². The number of imidazole rings is 1. The number of ether oxygens (including phenoxy) is 1. The Morgan fingerprint density at radius 2 is 2.25 bits per heavy atom. The second kappa shape index (κ2) is 8.11. The topological polar surface area (TPSA) is 73.2 Å². The molecular weight excluding hydrogens is 346 g/mol. The summed E-state index contributed by atoms with van der Waals surface area (Å²) in [6, 6.07) is 0. The van der Waals surface area contributed by atoms with Gasteiger partial charge in [-0.3, -0.25) is 0 Å². The van der Waals surface area contributed by atoms with Crippen LogP contribution in [0.25, 0.3) is 0 Å². The summed E-state index contributed by atoms with van der Waals surface area (Å²) >= 11 is 3.42. The number of aromatic nitrogens is 2. The molecule has 1 N–H and O–H groups in total. The molecule has 0 aliphatic heterocycles. The minimum Gasteiger partial charge on any atom is -0.384 e. The second-order valence-corrected chi connectivity index (χ2v) is 7.57. The van der Waals surface area contributed by atoms with Crippen LogP contribution in [0.5, 0.6) is 0 Å². The molecule has 0 aliphatic rings. The van der Waals surface area contributed by atoms with Crippen molar-refractivity contribution in [2.45, 2.75) is 43.1 Å². The number of aryl methyl sites for hydroxylation is 2. The van der Waals surface area contributed by atoms with Crippen LogP contribution in [-0.2, 0) is 21.3 Å². The Balaban J connectivity index is 2.62. The monoisotopic (exact) mass is 367 g/mol. The highest BCUT2D eigenvalue weighted by Crippen LogP contribution is 2.10. The Morgan fingerprint density at radius 1 is 1.55 bits per heavy atom. The first-order valence-corrected chi connectivity index (χ1v) is 8.97. The van der Waals surface area contributed by atoms with Crippen LogP contribution in [0.2, 0.25) is 0 Å². The van der Waals surface area contributed by atoms with Gasteiger partial charge in [-0.2, -0.15) is 0 Å². The van der Waals surface area contributed by atoms with Crippen molar-refractivity contribution in [2.75, 3.05) is 20.3 Å². The zero-order valence-corrected chi connectivity index (χ0v) is 14.5. The molecule has 0 radical (unpaired) electrons. The predicted molar refractivity (Wildman–Crippen MR) is 81.7 cm³/mol. The van der Waals surface area contributed by atoms with E-state index in [9.17, 15) is 8.42 Å². The molecule has 0 saturated carbocycles. The van der Waals surface area contributed by atoms with Crippen molar-refractivity contribution in [1.29, 1.82) is 0 Å². The molecule has 0 fully saturated rings. The number of halogens is 1. The quantitative estimate of drug-likeness (QED) is 0.673. The van der Waals surface area contributed by atoms with Crippen LogP contribution in [0.15, 0.2) is 11.2 Å². The maximum Gasteiger partial charge on any atom is 0.259 e. The number of nitrogens with one attached hydrogen (secondary N) is 1. The fourth-order valence-electron chi connectivity index (χ4n) is 1.76. The van der Waals surface area contributed by atoms with Crippen molar-refractivity contribution in [3.63, 3.8) is 0 Å². The molecule has 1 aromatic heterocycles. The smallest absolute Gasteiger partial charge is 0.259 e. The summed E-state index contributed by atoms with van der Waals surface area (Å²) in [5.41, 5.74) is 0. The van der Waals surface area contributed by atoms with Gasteiger partial charge >= 0.3 is 0 Å². The minimum atomic E-state index is -3.53.